The van der Waals surface area contributed by atoms with E-state index in [1.54, 1.807) is 4.90 Å². The number of nitriles is 1. The minimum atomic E-state index is -4.47. The predicted molar refractivity (Wildman–Crippen MR) is 96.1 cm³/mol. The summed E-state index contributed by atoms with van der Waals surface area (Å²) >= 11 is 0. The van der Waals surface area contributed by atoms with E-state index in [1.165, 1.54) is 12.1 Å². The van der Waals surface area contributed by atoms with Gasteiger partial charge in [-0.15, -0.1) is 0 Å². The number of rotatable bonds is 2. The largest absolute Gasteiger partial charge is 0.418 e. The number of alkyl halides is 3. The summed E-state index contributed by atoms with van der Waals surface area (Å²) in [7, 11) is 0. The third-order valence-electron chi connectivity index (χ3n) is 5.71. The molecule has 0 aliphatic carbocycles. The lowest BCUT2D eigenvalue weighted by molar-refractivity contribution is -0.138. The van der Waals surface area contributed by atoms with E-state index in [1.807, 2.05) is 11.0 Å². The van der Waals surface area contributed by atoms with Gasteiger partial charge in [0.1, 0.15) is 0 Å². The van der Waals surface area contributed by atoms with Gasteiger partial charge in [-0.2, -0.15) is 18.4 Å². The highest BCUT2D eigenvalue weighted by Gasteiger charge is 2.37. The first kappa shape index (κ1) is 19.5. The number of hydrogen-bond donors (Lipinski definition) is 0. The van der Waals surface area contributed by atoms with Crippen molar-refractivity contribution in [2.75, 3.05) is 31.1 Å². The Morgan fingerprint density at radius 3 is 2.30 bits per heavy atom. The van der Waals surface area contributed by atoms with Gasteiger partial charge < -0.3 is 9.80 Å². The van der Waals surface area contributed by atoms with Gasteiger partial charge in [0.15, 0.2) is 0 Å². The molecule has 2 saturated heterocycles. The number of likely N-dealkylation sites (tertiary alicyclic amines) is 1. The second-order valence-corrected chi connectivity index (χ2v) is 7.61. The number of carbonyl (C=O) groups is 1. The molecule has 1 aromatic carbocycles. The number of anilines is 1. The van der Waals surface area contributed by atoms with E-state index in [0.29, 0.717) is 31.8 Å². The molecule has 0 bridgehead atoms. The Morgan fingerprint density at radius 2 is 1.74 bits per heavy atom. The molecule has 7 heteroatoms. The van der Waals surface area contributed by atoms with Crippen LogP contribution in [-0.2, 0) is 11.0 Å². The highest BCUT2D eigenvalue weighted by atomic mass is 19.4. The van der Waals surface area contributed by atoms with Crippen LogP contribution in [0.1, 0.15) is 43.7 Å². The van der Waals surface area contributed by atoms with Crippen LogP contribution in [0.3, 0.4) is 0 Å². The van der Waals surface area contributed by atoms with Crippen LogP contribution in [0.15, 0.2) is 18.2 Å². The summed E-state index contributed by atoms with van der Waals surface area (Å²) in [5.74, 6) is 0.663. The minimum absolute atomic E-state index is 0.0410. The van der Waals surface area contributed by atoms with Crippen molar-refractivity contribution >= 4 is 11.6 Å². The summed E-state index contributed by atoms with van der Waals surface area (Å²) < 4.78 is 40.0. The maximum absolute atomic E-state index is 13.3. The number of piperidine rings is 2. The Bertz CT molecular complexity index is 725. The summed E-state index contributed by atoms with van der Waals surface area (Å²) in [6.07, 6.45) is -1.36. The molecule has 1 aromatic rings. The Labute approximate surface area is 157 Å². The van der Waals surface area contributed by atoms with Gasteiger partial charge in [0.25, 0.3) is 0 Å². The van der Waals surface area contributed by atoms with E-state index in [4.69, 9.17) is 5.26 Å². The number of carbonyl (C=O) groups excluding carboxylic acids is 1. The van der Waals surface area contributed by atoms with Gasteiger partial charge >= 0.3 is 6.18 Å². The molecular weight excluding hydrogens is 355 g/mol. The first-order valence-electron chi connectivity index (χ1n) is 9.44. The SMILES string of the molecule is CC1CCN(C(=O)C2CCN(c3cc(C#N)ccc3C(F)(F)F)CC2)CC1. The van der Waals surface area contributed by atoms with Crippen LogP contribution in [0, 0.1) is 23.2 Å². The maximum Gasteiger partial charge on any atom is 0.418 e. The molecule has 2 aliphatic rings. The van der Waals surface area contributed by atoms with Gasteiger partial charge in [0, 0.05) is 32.1 Å². The van der Waals surface area contributed by atoms with Crippen molar-refractivity contribution in [2.24, 2.45) is 11.8 Å². The minimum Gasteiger partial charge on any atom is -0.371 e. The second kappa shape index (κ2) is 7.79. The summed E-state index contributed by atoms with van der Waals surface area (Å²) in [5, 5.41) is 9.03. The fourth-order valence-electron chi connectivity index (χ4n) is 3.96. The van der Waals surface area contributed by atoms with E-state index in [0.717, 1.165) is 32.0 Å². The third-order valence-corrected chi connectivity index (χ3v) is 5.71. The molecule has 27 heavy (non-hydrogen) atoms. The van der Waals surface area contributed by atoms with E-state index >= 15 is 0 Å². The second-order valence-electron chi connectivity index (χ2n) is 7.61. The van der Waals surface area contributed by atoms with Gasteiger partial charge in [-0.3, -0.25) is 4.79 Å². The zero-order chi connectivity index (χ0) is 19.6. The molecule has 1 amide bonds. The van der Waals surface area contributed by atoms with Crippen LogP contribution in [0.5, 0.6) is 0 Å². The van der Waals surface area contributed by atoms with Crippen LogP contribution < -0.4 is 4.90 Å². The zero-order valence-electron chi connectivity index (χ0n) is 15.4. The van der Waals surface area contributed by atoms with Crippen molar-refractivity contribution in [3.8, 4) is 6.07 Å². The van der Waals surface area contributed by atoms with Crippen molar-refractivity contribution in [1.29, 1.82) is 5.26 Å². The maximum atomic E-state index is 13.3. The van der Waals surface area contributed by atoms with Gasteiger partial charge in [0.2, 0.25) is 5.91 Å². The van der Waals surface area contributed by atoms with Gasteiger partial charge in [0.05, 0.1) is 22.9 Å². The van der Waals surface area contributed by atoms with Gasteiger partial charge in [-0.1, -0.05) is 6.92 Å². The average molecular weight is 379 g/mol. The predicted octanol–water partition coefficient (Wildman–Crippen LogP) is 4.05. The smallest absolute Gasteiger partial charge is 0.371 e. The van der Waals surface area contributed by atoms with Crippen LogP contribution in [0.2, 0.25) is 0 Å². The highest BCUT2D eigenvalue weighted by Crippen LogP contribution is 2.38. The summed E-state index contributed by atoms with van der Waals surface area (Å²) in [6.45, 7) is 4.52. The average Bonchev–Trinajstić information content (AvgIpc) is 2.67. The Hall–Kier alpha value is -2.23. The molecule has 2 heterocycles. The van der Waals surface area contributed by atoms with Crippen LogP contribution in [0.25, 0.3) is 0 Å². The van der Waals surface area contributed by atoms with Gasteiger partial charge in [-0.25, -0.2) is 0 Å². The molecular formula is C20H24F3N3O. The van der Waals surface area contributed by atoms with Crippen molar-refractivity contribution in [3.63, 3.8) is 0 Å². The number of halogens is 3. The van der Waals surface area contributed by atoms with Crippen LogP contribution >= 0.6 is 0 Å². The third kappa shape index (κ3) is 4.37. The van der Waals surface area contributed by atoms with Crippen molar-refractivity contribution < 1.29 is 18.0 Å². The molecule has 0 radical (unpaired) electrons. The number of hydrogen-bond acceptors (Lipinski definition) is 3. The fourth-order valence-corrected chi connectivity index (χ4v) is 3.96. The molecule has 0 unspecified atom stereocenters. The molecule has 0 atom stereocenters. The van der Waals surface area contributed by atoms with Crippen molar-refractivity contribution in [3.05, 3.63) is 29.3 Å². The topological polar surface area (TPSA) is 47.3 Å². The number of amides is 1. The Kier molecular flexibility index (Phi) is 5.64. The summed E-state index contributed by atoms with van der Waals surface area (Å²) in [4.78, 5) is 16.3. The molecule has 0 saturated carbocycles. The molecule has 2 fully saturated rings. The monoisotopic (exact) mass is 379 g/mol. The van der Waals surface area contributed by atoms with Crippen molar-refractivity contribution in [1.82, 2.24) is 4.90 Å². The highest BCUT2D eigenvalue weighted by molar-refractivity contribution is 5.79. The van der Waals surface area contributed by atoms with Crippen LogP contribution in [0.4, 0.5) is 18.9 Å². The Morgan fingerprint density at radius 1 is 1.11 bits per heavy atom. The lowest BCUT2D eigenvalue weighted by atomic mass is 9.92. The van der Waals surface area contributed by atoms with Crippen molar-refractivity contribution in [2.45, 2.75) is 38.8 Å². The quantitative estimate of drug-likeness (QED) is 0.779. The normalized spacial score (nSPS) is 19.8. The Balaban J connectivity index is 1.69. The van der Waals surface area contributed by atoms with E-state index in [9.17, 15) is 18.0 Å². The molecule has 4 nitrogen and oxygen atoms in total. The molecule has 0 aromatic heterocycles. The lowest BCUT2D eigenvalue weighted by Crippen LogP contribution is -2.45. The fraction of sp³-hybridized carbons (Fsp3) is 0.600. The van der Waals surface area contributed by atoms with E-state index < -0.39 is 11.7 Å². The number of nitrogens with zero attached hydrogens (tertiary/aromatic N) is 3. The lowest BCUT2D eigenvalue weighted by Gasteiger charge is -2.38. The molecule has 0 N–H and O–H groups in total. The van der Waals surface area contributed by atoms with Crippen LogP contribution in [-0.4, -0.2) is 37.0 Å². The van der Waals surface area contributed by atoms with E-state index in [-0.39, 0.29) is 23.1 Å². The van der Waals surface area contributed by atoms with E-state index in [2.05, 4.69) is 6.92 Å². The molecule has 3 rings (SSSR count). The first-order chi connectivity index (χ1) is 12.8. The van der Waals surface area contributed by atoms with Gasteiger partial charge in [-0.05, 0) is 49.8 Å². The first-order valence-corrected chi connectivity index (χ1v) is 9.44. The summed E-state index contributed by atoms with van der Waals surface area (Å²) in [6, 6.07) is 5.37. The molecule has 0 spiro atoms. The summed E-state index contributed by atoms with van der Waals surface area (Å²) in [5.41, 5.74) is -0.478. The zero-order valence-corrected chi connectivity index (χ0v) is 15.4. The molecule has 146 valence electrons. The molecule has 2 aliphatic heterocycles. The number of benzene rings is 1. The standard InChI is InChI=1S/C20H24F3N3O/c1-14-4-8-26(9-5-14)19(27)16-6-10-25(11-7-16)18-12-15(13-24)2-3-17(18)20(21,22)23/h2-3,12,14,16H,4-11H2,1H3.